The SMILES string of the molecule is CCCNCc1ccc(C)c(Oc2ccc(Br)cc2Br)c1. The zero-order chi connectivity index (χ0) is 15.2. The van der Waals surface area contributed by atoms with E-state index in [1.807, 2.05) is 18.2 Å². The zero-order valence-electron chi connectivity index (χ0n) is 12.2. The lowest BCUT2D eigenvalue weighted by molar-refractivity contribution is 0.474. The molecule has 0 heterocycles. The van der Waals surface area contributed by atoms with Crippen molar-refractivity contribution >= 4 is 31.9 Å². The van der Waals surface area contributed by atoms with Gasteiger partial charge in [-0.25, -0.2) is 0 Å². The third-order valence-corrected chi connectivity index (χ3v) is 4.24. The first kappa shape index (κ1) is 16.5. The minimum absolute atomic E-state index is 0.819. The Morgan fingerprint density at radius 3 is 2.57 bits per heavy atom. The van der Waals surface area contributed by atoms with Crippen molar-refractivity contribution in [3.8, 4) is 11.5 Å². The summed E-state index contributed by atoms with van der Waals surface area (Å²) >= 11 is 6.98. The molecule has 0 radical (unpaired) electrons. The van der Waals surface area contributed by atoms with Gasteiger partial charge in [0.25, 0.3) is 0 Å². The number of hydrogen-bond acceptors (Lipinski definition) is 2. The molecule has 0 aliphatic carbocycles. The number of nitrogens with one attached hydrogen (secondary N) is 1. The maximum absolute atomic E-state index is 6.05. The molecule has 0 fully saturated rings. The Labute approximate surface area is 143 Å². The maximum atomic E-state index is 6.05. The highest BCUT2D eigenvalue weighted by Crippen LogP contribution is 2.33. The molecule has 1 N–H and O–H groups in total. The van der Waals surface area contributed by atoms with Crippen molar-refractivity contribution < 1.29 is 4.74 Å². The lowest BCUT2D eigenvalue weighted by Crippen LogP contribution is -2.13. The molecule has 0 atom stereocenters. The van der Waals surface area contributed by atoms with Crippen LogP contribution in [0.3, 0.4) is 0 Å². The van der Waals surface area contributed by atoms with Gasteiger partial charge in [0.2, 0.25) is 0 Å². The van der Waals surface area contributed by atoms with Gasteiger partial charge in [-0.15, -0.1) is 0 Å². The standard InChI is InChI=1S/C17H19Br2NO/c1-3-8-20-11-13-5-4-12(2)17(9-13)21-16-7-6-14(18)10-15(16)19/h4-7,9-10,20H,3,8,11H2,1-2H3. The predicted octanol–water partition coefficient (Wildman–Crippen LogP) is 5.81. The van der Waals surface area contributed by atoms with E-state index in [0.29, 0.717) is 0 Å². The number of halogens is 2. The van der Waals surface area contributed by atoms with Crippen molar-refractivity contribution in [1.82, 2.24) is 5.32 Å². The zero-order valence-corrected chi connectivity index (χ0v) is 15.4. The van der Waals surface area contributed by atoms with Crippen LogP contribution in [-0.4, -0.2) is 6.54 Å². The molecule has 0 saturated carbocycles. The van der Waals surface area contributed by atoms with Crippen LogP contribution in [0.25, 0.3) is 0 Å². The number of ether oxygens (including phenoxy) is 1. The van der Waals surface area contributed by atoms with E-state index in [1.54, 1.807) is 0 Å². The fourth-order valence-corrected chi connectivity index (χ4v) is 3.08. The van der Waals surface area contributed by atoms with Crippen LogP contribution in [0.5, 0.6) is 11.5 Å². The van der Waals surface area contributed by atoms with Crippen molar-refractivity contribution in [1.29, 1.82) is 0 Å². The Morgan fingerprint density at radius 1 is 1.05 bits per heavy atom. The molecule has 0 aromatic heterocycles. The van der Waals surface area contributed by atoms with Crippen LogP contribution in [0.1, 0.15) is 24.5 Å². The van der Waals surface area contributed by atoms with E-state index < -0.39 is 0 Å². The molecule has 2 aromatic rings. The summed E-state index contributed by atoms with van der Waals surface area (Å²) in [6.45, 7) is 6.13. The van der Waals surface area contributed by atoms with Gasteiger partial charge in [-0.1, -0.05) is 35.0 Å². The highest BCUT2D eigenvalue weighted by molar-refractivity contribution is 9.11. The predicted molar refractivity (Wildman–Crippen MR) is 95.1 cm³/mol. The van der Waals surface area contributed by atoms with Crippen LogP contribution in [0.2, 0.25) is 0 Å². The van der Waals surface area contributed by atoms with Gasteiger partial charge >= 0.3 is 0 Å². The normalized spacial score (nSPS) is 10.7. The van der Waals surface area contributed by atoms with Crippen molar-refractivity contribution in [3.05, 3.63) is 56.5 Å². The quantitative estimate of drug-likeness (QED) is 0.604. The average molecular weight is 413 g/mol. The molecule has 2 rings (SSSR count). The van der Waals surface area contributed by atoms with E-state index in [4.69, 9.17) is 4.74 Å². The van der Waals surface area contributed by atoms with Crippen molar-refractivity contribution in [2.24, 2.45) is 0 Å². The second-order valence-corrected chi connectivity index (χ2v) is 6.72. The number of hydrogen-bond donors (Lipinski definition) is 1. The molecule has 2 nitrogen and oxygen atoms in total. The molecular formula is C17H19Br2NO. The van der Waals surface area contributed by atoms with Crippen molar-refractivity contribution in [3.63, 3.8) is 0 Å². The highest BCUT2D eigenvalue weighted by Gasteiger charge is 2.07. The van der Waals surface area contributed by atoms with Crippen molar-refractivity contribution in [2.45, 2.75) is 26.8 Å². The van der Waals surface area contributed by atoms with Gasteiger partial charge in [-0.05, 0) is 71.2 Å². The molecule has 0 saturated heterocycles. The number of benzene rings is 2. The fourth-order valence-electron chi connectivity index (χ4n) is 1.95. The van der Waals surface area contributed by atoms with Crippen LogP contribution in [0.15, 0.2) is 45.3 Å². The molecule has 0 spiro atoms. The van der Waals surface area contributed by atoms with Crippen molar-refractivity contribution in [2.75, 3.05) is 6.54 Å². The minimum atomic E-state index is 0.819. The molecule has 0 unspecified atom stereocenters. The van der Waals surface area contributed by atoms with Gasteiger partial charge in [0.1, 0.15) is 11.5 Å². The van der Waals surface area contributed by atoms with Crippen LogP contribution in [0, 0.1) is 6.92 Å². The second kappa shape index (κ2) is 7.97. The molecule has 4 heteroatoms. The summed E-state index contributed by atoms with van der Waals surface area (Å²) in [5.41, 5.74) is 2.36. The number of aryl methyl sites for hydroxylation is 1. The molecular weight excluding hydrogens is 394 g/mol. The molecule has 21 heavy (non-hydrogen) atoms. The smallest absolute Gasteiger partial charge is 0.141 e. The third-order valence-electron chi connectivity index (χ3n) is 3.12. The molecule has 0 amide bonds. The second-order valence-electron chi connectivity index (χ2n) is 4.95. The summed E-state index contributed by atoms with van der Waals surface area (Å²) in [5, 5.41) is 3.41. The molecule has 2 aromatic carbocycles. The van der Waals surface area contributed by atoms with Gasteiger partial charge in [0.05, 0.1) is 4.47 Å². The first-order valence-electron chi connectivity index (χ1n) is 7.03. The summed E-state index contributed by atoms with van der Waals surface area (Å²) in [6, 6.07) is 12.3. The monoisotopic (exact) mass is 411 g/mol. The largest absolute Gasteiger partial charge is 0.456 e. The maximum Gasteiger partial charge on any atom is 0.141 e. The average Bonchev–Trinajstić information content (AvgIpc) is 2.45. The van der Waals surface area contributed by atoms with E-state index in [1.165, 1.54) is 5.56 Å². The van der Waals surface area contributed by atoms with Crippen LogP contribution in [-0.2, 0) is 6.54 Å². The third kappa shape index (κ3) is 4.83. The Balaban J connectivity index is 2.16. The van der Waals surface area contributed by atoms with Gasteiger partial charge in [0, 0.05) is 11.0 Å². The Kier molecular flexibility index (Phi) is 6.27. The van der Waals surface area contributed by atoms with Crippen LogP contribution >= 0.6 is 31.9 Å². The van der Waals surface area contributed by atoms with E-state index >= 15 is 0 Å². The van der Waals surface area contributed by atoms with Crippen LogP contribution < -0.4 is 10.1 Å². The first-order chi connectivity index (χ1) is 10.1. The van der Waals surface area contributed by atoms with E-state index in [-0.39, 0.29) is 0 Å². The topological polar surface area (TPSA) is 21.3 Å². The summed E-state index contributed by atoms with van der Waals surface area (Å²) in [6.07, 6.45) is 1.14. The highest BCUT2D eigenvalue weighted by atomic mass is 79.9. The Hall–Kier alpha value is -0.840. The van der Waals surface area contributed by atoms with Crippen LogP contribution in [0.4, 0.5) is 0 Å². The van der Waals surface area contributed by atoms with Gasteiger partial charge < -0.3 is 10.1 Å². The van der Waals surface area contributed by atoms with E-state index in [9.17, 15) is 0 Å². The fraction of sp³-hybridized carbons (Fsp3) is 0.294. The summed E-state index contributed by atoms with van der Waals surface area (Å²) in [5.74, 6) is 1.72. The van der Waals surface area contributed by atoms with Gasteiger partial charge in [-0.3, -0.25) is 0 Å². The summed E-state index contributed by atoms with van der Waals surface area (Å²) in [7, 11) is 0. The lowest BCUT2D eigenvalue weighted by Gasteiger charge is -2.12. The molecule has 0 bridgehead atoms. The minimum Gasteiger partial charge on any atom is -0.456 e. The van der Waals surface area contributed by atoms with Gasteiger partial charge in [-0.2, -0.15) is 0 Å². The molecule has 0 aliphatic rings. The lowest BCUT2D eigenvalue weighted by atomic mass is 10.1. The summed E-state index contributed by atoms with van der Waals surface area (Å²) in [4.78, 5) is 0. The Bertz CT molecular complexity index is 614. The van der Waals surface area contributed by atoms with E-state index in [0.717, 1.165) is 45.5 Å². The summed E-state index contributed by atoms with van der Waals surface area (Å²) < 4.78 is 8.01. The Morgan fingerprint density at radius 2 is 1.86 bits per heavy atom. The molecule has 112 valence electrons. The van der Waals surface area contributed by atoms with Gasteiger partial charge in [0.15, 0.2) is 0 Å². The first-order valence-corrected chi connectivity index (χ1v) is 8.62. The number of rotatable bonds is 6. The molecule has 0 aliphatic heterocycles. The van der Waals surface area contributed by atoms with E-state index in [2.05, 4.69) is 69.2 Å².